The highest BCUT2D eigenvalue weighted by Crippen LogP contribution is 2.25. The van der Waals surface area contributed by atoms with Crippen molar-refractivity contribution in [1.82, 2.24) is 15.0 Å². The van der Waals surface area contributed by atoms with E-state index in [1.807, 2.05) is 0 Å². The van der Waals surface area contributed by atoms with Crippen LogP contribution < -0.4 is 5.32 Å². The molecule has 0 aromatic carbocycles. The summed E-state index contributed by atoms with van der Waals surface area (Å²) >= 11 is 0. The maximum absolute atomic E-state index is 13.3. The molecule has 2 aromatic rings. The molecule has 8 heteroatoms. The van der Waals surface area contributed by atoms with Crippen molar-refractivity contribution in [2.24, 2.45) is 0 Å². The quantitative estimate of drug-likeness (QED) is 0.658. The lowest BCUT2D eigenvalue weighted by atomic mass is 10.2. The predicted octanol–water partition coefficient (Wildman–Crippen LogP) is 2.53. The topological polar surface area (TPSA) is 53.6 Å². The molecule has 0 saturated carbocycles. The van der Waals surface area contributed by atoms with Crippen molar-refractivity contribution < 1.29 is 17.6 Å². The van der Waals surface area contributed by atoms with Crippen LogP contribution in [-0.4, -0.2) is 15.0 Å². The van der Waals surface area contributed by atoms with Crippen LogP contribution in [0.15, 0.2) is 12.4 Å². The second-order valence-corrected chi connectivity index (χ2v) is 3.54. The SMILES string of the molecule is CC(Nc1c(F)c(F)nc(F)c1F)c1ncc[nH]1. The molecule has 0 radical (unpaired) electrons. The van der Waals surface area contributed by atoms with Crippen molar-refractivity contribution in [3.8, 4) is 0 Å². The van der Waals surface area contributed by atoms with Gasteiger partial charge in [-0.1, -0.05) is 0 Å². The highest BCUT2D eigenvalue weighted by atomic mass is 19.2. The van der Waals surface area contributed by atoms with Gasteiger partial charge in [0.25, 0.3) is 11.9 Å². The average Bonchev–Trinajstić information content (AvgIpc) is 2.85. The number of nitrogens with one attached hydrogen (secondary N) is 2. The Morgan fingerprint density at radius 3 is 2.28 bits per heavy atom. The number of rotatable bonds is 3. The van der Waals surface area contributed by atoms with E-state index in [2.05, 4.69) is 20.3 Å². The Kier molecular flexibility index (Phi) is 3.17. The molecule has 0 bridgehead atoms. The molecule has 0 saturated heterocycles. The van der Waals surface area contributed by atoms with E-state index < -0.39 is 35.3 Å². The van der Waals surface area contributed by atoms with E-state index in [0.29, 0.717) is 5.82 Å². The van der Waals surface area contributed by atoms with Crippen LogP contribution in [0, 0.1) is 23.5 Å². The summed E-state index contributed by atoms with van der Waals surface area (Å²) in [6.45, 7) is 1.52. The van der Waals surface area contributed by atoms with E-state index in [4.69, 9.17) is 0 Å². The summed E-state index contributed by atoms with van der Waals surface area (Å²) in [7, 11) is 0. The highest BCUT2D eigenvalue weighted by molar-refractivity contribution is 5.46. The van der Waals surface area contributed by atoms with E-state index in [9.17, 15) is 17.6 Å². The maximum atomic E-state index is 13.3. The van der Waals surface area contributed by atoms with Gasteiger partial charge in [-0.2, -0.15) is 22.5 Å². The van der Waals surface area contributed by atoms with Crippen LogP contribution >= 0.6 is 0 Å². The van der Waals surface area contributed by atoms with Crippen LogP contribution in [0.25, 0.3) is 0 Å². The molecule has 0 spiro atoms. The zero-order chi connectivity index (χ0) is 13.3. The van der Waals surface area contributed by atoms with Crippen molar-refractivity contribution in [3.63, 3.8) is 0 Å². The molecule has 2 N–H and O–H groups in total. The summed E-state index contributed by atoms with van der Waals surface area (Å²) in [6.07, 6.45) is 2.95. The summed E-state index contributed by atoms with van der Waals surface area (Å²) in [5, 5.41) is 2.30. The van der Waals surface area contributed by atoms with Gasteiger partial charge in [0.15, 0.2) is 0 Å². The normalized spacial score (nSPS) is 12.5. The lowest BCUT2D eigenvalue weighted by Gasteiger charge is -2.14. The van der Waals surface area contributed by atoms with E-state index in [1.165, 1.54) is 19.3 Å². The fourth-order valence-corrected chi connectivity index (χ4v) is 1.41. The van der Waals surface area contributed by atoms with E-state index in [1.54, 1.807) is 0 Å². The van der Waals surface area contributed by atoms with Crippen LogP contribution in [0.4, 0.5) is 23.2 Å². The molecule has 0 amide bonds. The number of aromatic nitrogens is 3. The fourth-order valence-electron chi connectivity index (χ4n) is 1.41. The lowest BCUT2D eigenvalue weighted by Crippen LogP contribution is -2.14. The maximum Gasteiger partial charge on any atom is 0.253 e. The Labute approximate surface area is 99.1 Å². The molecule has 0 aliphatic heterocycles. The molecule has 18 heavy (non-hydrogen) atoms. The Morgan fingerprint density at radius 1 is 1.17 bits per heavy atom. The minimum atomic E-state index is -1.71. The third-order valence-electron chi connectivity index (χ3n) is 2.29. The molecule has 1 unspecified atom stereocenters. The second-order valence-electron chi connectivity index (χ2n) is 3.54. The predicted molar refractivity (Wildman–Crippen MR) is 54.7 cm³/mol. The van der Waals surface area contributed by atoms with E-state index in [0.717, 1.165) is 0 Å². The first-order valence-electron chi connectivity index (χ1n) is 4.96. The van der Waals surface area contributed by atoms with Gasteiger partial charge in [0.2, 0.25) is 11.6 Å². The third kappa shape index (κ3) is 2.13. The molecule has 2 aromatic heterocycles. The van der Waals surface area contributed by atoms with Gasteiger partial charge in [0.1, 0.15) is 11.5 Å². The molecule has 0 aliphatic carbocycles. The van der Waals surface area contributed by atoms with Crippen LogP contribution in [0.5, 0.6) is 0 Å². The number of aromatic amines is 1. The summed E-state index contributed by atoms with van der Waals surface area (Å²) < 4.78 is 52.3. The Balaban J connectivity index is 2.34. The molecule has 1 atom stereocenters. The molecule has 96 valence electrons. The van der Waals surface area contributed by atoms with Crippen molar-refractivity contribution in [2.75, 3.05) is 5.32 Å². The molecule has 2 rings (SSSR count). The molecule has 4 nitrogen and oxygen atoms in total. The van der Waals surface area contributed by atoms with Crippen LogP contribution in [0.2, 0.25) is 0 Å². The lowest BCUT2D eigenvalue weighted by molar-refractivity contribution is 0.409. The smallest absolute Gasteiger partial charge is 0.253 e. The number of nitrogens with zero attached hydrogens (tertiary/aromatic N) is 2. The molecule has 0 fully saturated rings. The standard InChI is InChI=1S/C10H8F4N4/c1-4(10-15-2-3-16-10)17-7-5(11)8(13)18-9(14)6(7)12/h2-4H,1H3,(H,15,16)(H,17,18). The van der Waals surface area contributed by atoms with Gasteiger partial charge in [-0.15, -0.1) is 0 Å². The minimum Gasteiger partial charge on any atom is -0.370 e. The Hall–Kier alpha value is -2.12. The van der Waals surface area contributed by atoms with Crippen molar-refractivity contribution >= 4 is 5.69 Å². The minimum absolute atomic E-state index is 0.367. The molecular weight excluding hydrogens is 252 g/mol. The fraction of sp³-hybridized carbons (Fsp3) is 0.200. The van der Waals surface area contributed by atoms with Crippen LogP contribution in [0.3, 0.4) is 0 Å². The van der Waals surface area contributed by atoms with Crippen molar-refractivity contribution in [1.29, 1.82) is 0 Å². The van der Waals surface area contributed by atoms with Gasteiger partial charge in [-0.25, -0.2) is 4.98 Å². The van der Waals surface area contributed by atoms with Gasteiger partial charge in [-0.05, 0) is 6.92 Å². The Morgan fingerprint density at radius 2 is 1.78 bits per heavy atom. The highest BCUT2D eigenvalue weighted by Gasteiger charge is 2.22. The first kappa shape index (κ1) is 12.3. The summed E-state index contributed by atoms with van der Waals surface area (Å²) in [4.78, 5) is 9.01. The molecule has 0 aliphatic rings. The monoisotopic (exact) mass is 260 g/mol. The Bertz CT molecular complexity index is 529. The first-order chi connectivity index (χ1) is 8.50. The van der Waals surface area contributed by atoms with Crippen LogP contribution in [0.1, 0.15) is 18.8 Å². The summed E-state index contributed by atoms with van der Waals surface area (Å²) in [5.74, 6) is -6.20. The zero-order valence-electron chi connectivity index (χ0n) is 9.14. The van der Waals surface area contributed by atoms with Crippen LogP contribution in [-0.2, 0) is 0 Å². The number of imidazole rings is 1. The van der Waals surface area contributed by atoms with Crippen molar-refractivity contribution in [3.05, 3.63) is 41.7 Å². The first-order valence-corrected chi connectivity index (χ1v) is 4.96. The number of H-pyrrole nitrogens is 1. The molecular formula is C10H8F4N4. The molecule has 2 heterocycles. The number of hydrogen-bond donors (Lipinski definition) is 2. The van der Waals surface area contributed by atoms with Crippen molar-refractivity contribution in [2.45, 2.75) is 13.0 Å². The number of hydrogen-bond acceptors (Lipinski definition) is 3. The van der Waals surface area contributed by atoms with Gasteiger partial charge in [-0.3, -0.25) is 0 Å². The van der Waals surface area contributed by atoms with Gasteiger partial charge < -0.3 is 10.3 Å². The number of halogens is 4. The number of anilines is 1. The summed E-state index contributed by atoms with van der Waals surface area (Å²) in [5.41, 5.74) is -0.913. The van der Waals surface area contributed by atoms with Gasteiger partial charge in [0, 0.05) is 12.4 Å². The third-order valence-corrected chi connectivity index (χ3v) is 2.29. The average molecular weight is 260 g/mol. The van der Waals surface area contributed by atoms with Gasteiger partial charge >= 0.3 is 0 Å². The second kappa shape index (κ2) is 4.63. The van der Waals surface area contributed by atoms with E-state index in [-0.39, 0.29) is 0 Å². The summed E-state index contributed by atoms with van der Waals surface area (Å²) in [6, 6.07) is -0.662. The van der Waals surface area contributed by atoms with E-state index >= 15 is 0 Å². The zero-order valence-corrected chi connectivity index (χ0v) is 9.14. The largest absolute Gasteiger partial charge is 0.370 e. The van der Waals surface area contributed by atoms with Gasteiger partial charge in [0.05, 0.1) is 6.04 Å². The number of pyridine rings is 1.